The average Bonchev–Trinajstić information content (AvgIpc) is 2.84. The van der Waals surface area contributed by atoms with Crippen LogP contribution in [0, 0.1) is 0 Å². The van der Waals surface area contributed by atoms with E-state index < -0.39 is 24.1 Å². The zero-order valence-corrected chi connectivity index (χ0v) is 13.7. The second kappa shape index (κ2) is 6.91. The zero-order chi connectivity index (χ0) is 18.7. The largest absolute Gasteiger partial charge is 0.435 e. The molecular formula is C18H15F2N3O3. The van der Waals surface area contributed by atoms with Crippen molar-refractivity contribution < 1.29 is 23.1 Å². The third kappa shape index (κ3) is 3.39. The number of nitrogens with one attached hydrogen (secondary N) is 1. The fourth-order valence-corrected chi connectivity index (χ4v) is 2.56. The van der Waals surface area contributed by atoms with E-state index in [-0.39, 0.29) is 5.75 Å². The van der Waals surface area contributed by atoms with Gasteiger partial charge in [-0.15, -0.1) is 5.01 Å². The predicted octanol–water partition coefficient (Wildman–Crippen LogP) is 3.09. The molecule has 3 amide bonds. The summed E-state index contributed by atoms with van der Waals surface area (Å²) in [5.41, 5.74) is -0.195. The highest BCUT2D eigenvalue weighted by molar-refractivity contribution is 6.07. The van der Waals surface area contributed by atoms with Gasteiger partial charge in [0.15, 0.2) is 0 Å². The lowest BCUT2D eigenvalue weighted by Crippen LogP contribution is -2.40. The summed E-state index contributed by atoms with van der Waals surface area (Å²) in [4.78, 5) is 24.9. The molecule has 1 aliphatic heterocycles. The number of amides is 3. The number of carbonyl (C=O) groups is 2. The van der Waals surface area contributed by atoms with Gasteiger partial charge in [-0.1, -0.05) is 42.5 Å². The van der Waals surface area contributed by atoms with Crippen molar-refractivity contribution in [3.8, 4) is 5.75 Å². The van der Waals surface area contributed by atoms with Gasteiger partial charge in [0.2, 0.25) is 0 Å². The van der Waals surface area contributed by atoms with Gasteiger partial charge < -0.3 is 10.1 Å². The fourth-order valence-electron chi connectivity index (χ4n) is 2.56. The Bertz CT molecular complexity index is 841. The molecular weight excluding hydrogens is 344 g/mol. The quantitative estimate of drug-likeness (QED) is 0.659. The number of alkyl halides is 2. The number of urea groups is 1. The van der Waals surface area contributed by atoms with E-state index >= 15 is 0 Å². The molecule has 3 rings (SSSR count). The normalized spacial score (nSPS) is 20.1. The van der Waals surface area contributed by atoms with Crippen LogP contribution in [0.5, 0.6) is 5.75 Å². The Kier molecular flexibility index (Phi) is 4.66. The minimum Gasteiger partial charge on any atom is -0.435 e. The summed E-state index contributed by atoms with van der Waals surface area (Å²) in [6, 6.07) is 13.8. The first-order valence-corrected chi connectivity index (χ1v) is 7.71. The summed E-state index contributed by atoms with van der Waals surface area (Å²) in [6.45, 7) is -1.42. The molecule has 0 bridgehead atoms. The Morgan fingerprint density at radius 1 is 1.12 bits per heavy atom. The lowest BCUT2D eigenvalue weighted by atomic mass is 9.92. The van der Waals surface area contributed by atoms with Gasteiger partial charge in [0.05, 0.1) is 6.21 Å². The van der Waals surface area contributed by atoms with Gasteiger partial charge in [0.25, 0.3) is 5.91 Å². The Morgan fingerprint density at radius 3 is 2.38 bits per heavy atom. The number of ether oxygens (including phenoxy) is 1. The van der Waals surface area contributed by atoms with E-state index in [1.54, 1.807) is 24.3 Å². The molecule has 1 saturated heterocycles. The van der Waals surface area contributed by atoms with Crippen molar-refractivity contribution >= 4 is 18.2 Å². The fraction of sp³-hybridized carbons (Fsp3) is 0.167. The van der Waals surface area contributed by atoms with Crippen LogP contribution in [-0.2, 0) is 10.3 Å². The van der Waals surface area contributed by atoms with Crippen LogP contribution >= 0.6 is 0 Å². The number of halogens is 2. The number of rotatable bonds is 5. The van der Waals surface area contributed by atoms with Crippen molar-refractivity contribution in [1.82, 2.24) is 10.3 Å². The number of imide groups is 1. The van der Waals surface area contributed by atoms with E-state index in [2.05, 4.69) is 15.2 Å². The first-order valence-electron chi connectivity index (χ1n) is 7.71. The van der Waals surface area contributed by atoms with Crippen molar-refractivity contribution in [1.29, 1.82) is 0 Å². The summed E-state index contributed by atoms with van der Waals surface area (Å²) in [5.74, 6) is -0.611. The maximum Gasteiger partial charge on any atom is 0.387 e. The maximum atomic E-state index is 12.7. The van der Waals surface area contributed by atoms with E-state index in [1.807, 2.05) is 6.07 Å². The minimum absolute atomic E-state index is 0.0388. The van der Waals surface area contributed by atoms with Crippen molar-refractivity contribution in [2.24, 2.45) is 5.10 Å². The molecule has 8 heteroatoms. The zero-order valence-electron chi connectivity index (χ0n) is 13.7. The van der Waals surface area contributed by atoms with Gasteiger partial charge in [-0.2, -0.15) is 13.9 Å². The number of nitrogens with zero attached hydrogens (tertiary/aromatic N) is 2. The van der Waals surface area contributed by atoms with Crippen LogP contribution in [0.25, 0.3) is 0 Å². The molecule has 1 heterocycles. The van der Waals surface area contributed by atoms with Crippen molar-refractivity contribution in [3.63, 3.8) is 0 Å². The van der Waals surface area contributed by atoms with Crippen LogP contribution < -0.4 is 10.1 Å². The SMILES string of the molecule is C[C@@]1(c2ccc(OC(F)F)cc2)NC(=O)N(N=Cc2ccccc2)C1=O. The molecule has 0 spiro atoms. The molecule has 1 atom stereocenters. The van der Waals surface area contributed by atoms with Crippen LogP contribution in [0.2, 0.25) is 0 Å². The van der Waals surface area contributed by atoms with Gasteiger partial charge in [0.1, 0.15) is 11.3 Å². The predicted molar refractivity (Wildman–Crippen MR) is 89.8 cm³/mol. The molecule has 26 heavy (non-hydrogen) atoms. The lowest BCUT2D eigenvalue weighted by molar-refractivity contribution is -0.131. The summed E-state index contributed by atoms with van der Waals surface area (Å²) in [6.07, 6.45) is 1.41. The number of hydrazone groups is 1. The third-order valence-corrected chi connectivity index (χ3v) is 3.95. The highest BCUT2D eigenvalue weighted by atomic mass is 19.3. The molecule has 0 aliphatic carbocycles. The third-order valence-electron chi connectivity index (χ3n) is 3.95. The maximum absolute atomic E-state index is 12.7. The average molecular weight is 359 g/mol. The Labute approximate surface area is 148 Å². The van der Waals surface area contributed by atoms with Gasteiger partial charge in [-0.25, -0.2) is 4.79 Å². The molecule has 0 aromatic heterocycles. The molecule has 0 saturated carbocycles. The van der Waals surface area contributed by atoms with Crippen molar-refractivity contribution in [2.45, 2.75) is 19.1 Å². The van der Waals surface area contributed by atoms with Gasteiger partial charge in [0, 0.05) is 0 Å². The van der Waals surface area contributed by atoms with Crippen LogP contribution in [0.1, 0.15) is 18.1 Å². The van der Waals surface area contributed by atoms with Gasteiger partial charge in [-0.05, 0) is 30.2 Å². The second-order valence-electron chi connectivity index (χ2n) is 5.73. The first kappa shape index (κ1) is 17.5. The number of hydrogen-bond acceptors (Lipinski definition) is 4. The standard InChI is InChI=1S/C18H15F2N3O3/c1-18(13-7-9-14(10-8-13)26-16(19)20)15(24)23(17(25)22-18)21-11-12-5-3-2-4-6-12/h2-11,16H,1H3,(H,22,25)/t18-/m0/s1. The highest BCUT2D eigenvalue weighted by Gasteiger charge is 2.49. The van der Waals surface area contributed by atoms with E-state index in [9.17, 15) is 18.4 Å². The highest BCUT2D eigenvalue weighted by Crippen LogP contribution is 2.30. The summed E-state index contributed by atoms with van der Waals surface area (Å²) < 4.78 is 28.7. The van der Waals surface area contributed by atoms with E-state index in [1.165, 1.54) is 37.4 Å². The summed E-state index contributed by atoms with van der Waals surface area (Å²) >= 11 is 0. The molecule has 6 nitrogen and oxygen atoms in total. The number of carbonyl (C=O) groups excluding carboxylic acids is 2. The van der Waals surface area contributed by atoms with Crippen molar-refractivity contribution in [2.75, 3.05) is 0 Å². The van der Waals surface area contributed by atoms with E-state index in [0.29, 0.717) is 5.56 Å². The molecule has 0 unspecified atom stereocenters. The molecule has 1 N–H and O–H groups in total. The van der Waals surface area contributed by atoms with Crippen molar-refractivity contribution in [3.05, 3.63) is 65.7 Å². The Balaban J connectivity index is 1.81. The Morgan fingerprint density at radius 2 is 1.77 bits per heavy atom. The van der Waals surface area contributed by atoms with Crippen LogP contribution in [0.15, 0.2) is 59.7 Å². The smallest absolute Gasteiger partial charge is 0.387 e. The van der Waals surface area contributed by atoms with Gasteiger partial charge in [-0.3, -0.25) is 4.79 Å². The van der Waals surface area contributed by atoms with Crippen LogP contribution in [-0.4, -0.2) is 29.8 Å². The molecule has 134 valence electrons. The topological polar surface area (TPSA) is 71.0 Å². The van der Waals surface area contributed by atoms with E-state index in [0.717, 1.165) is 10.6 Å². The van der Waals surface area contributed by atoms with Crippen LogP contribution in [0.4, 0.5) is 13.6 Å². The first-order chi connectivity index (χ1) is 12.4. The number of benzene rings is 2. The minimum atomic E-state index is -2.94. The molecule has 1 aliphatic rings. The monoisotopic (exact) mass is 359 g/mol. The molecule has 2 aromatic carbocycles. The van der Waals surface area contributed by atoms with Crippen LogP contribution in [0.3, 0.4) is 0 Å². The lowest BCUT2D eigenvalue weighted by Gasteiger charge is -2.21. The summed E-state index contributed by atoms with van der Waals surface area (Å²) in [7, 11) is 0. The van der Waals surface area contributed by atoms with E-state index in [4.69, 9.17) is 0 Å². The molecule has 1 fully saturated rings. The molecule has 0 radical (unpaired) electrons. The number of hydrogen-bond donors (Lipinski definition) is 1. The Hall–Kier alpha value is -3.29. The second-order valence-corrected chi connectivity index (χ2v) is 5.73. The summed E-state index contributed by atoms with van der Waals surface area (Å²) in [5, 5.41) is 7.28. The van der Waals surface area contributed by atoms with Gasteiger partial charge >= 0.3 is 12.6 Å². The molecule has 2 aromatic rings.